The molecule has 1 saturated heterocycles. The van der Waals surface area contributed by atoms with Crippen LogP contribution in [0.5, 0.6) is 0 Å². The second-order valence-corrected chi connectivity index (χ2v) is 7.93. The van der Waals surface area contributed by atoms with Crippen molar-refractivity contribution < 1.29 is 17.6 Å². The predicted molar refractivity (Wildman–Crippen MR) is 104 cm³/mol. The molecular formula is C18H21ClFN3O3S. The number of nitrogens with zero attached hydrogens (tertiary/aromatic N) is 1. The Kier molecular flexibility index (Phi) is 6.80. The van der Waals surface area contributed by atoms with E-state index < -0.39 is 15.8 Å². The van der Waals surface area contributed by atoms with E-state index in [-0.39, 0.29) is 28.9 Å². The van der Waals surface area contributed by atoms with Gasteiger partial charge in [-0.05, 0) is 55.3 Å². The van der Waals surface area contributed by atoms with E-state index in [1.165, 1.54) is 48.5 Å². The Bertz CT molecular complexity index is 906. The molecule has 3 rings (SSSR count). The lowest BCUT2D eigenvalue weighted by Gasteiger charge is -2.16. The average Bonchev–Trinajstić information content (AvgIpc) is 3.12. The number of amides is 1. The van der Waals surface area contributed by atoms with Crippen LogP contribution in [0.2, 0.25) is 0 Å². The van der Waals surface area contributed by atoms with Crippen LogP contribution < -0.4 is 10.5 Å². The molecule has 1 heterocycles. The molecule has 0 saturated carbocycles. The highest BCUT2D eigenvalue weighted by Crippen LogP contribution is 2.21. The molecule has 2 aromatic carbocycles. The van der Waals surface area contributed by atoms with Gasteiger partial charge >= 0.3 is 0 Å². The van der Waals surface area contributed by atoms with Gasteiger partial charge in [0.2, 0.25) is 0 Å². The van der Waals surface area contributed by atoms with Gasteiger partial charge in [-0.25, -0.2) is 12.8 Å². The van der Waals surface area contributed by atoms with Crippen molar-refractivity contribution in [3.63, 3.8) is 0 Å². The number of benzene rings is 2. The summed E-state index contributed by atoms with van der Waals surface area (Å²) in [7, 11) is -3.94. The molecule has 0 spiro atoms. The van der Waals surface area contributed by atoms with Gasteiger partial charge in [-0.2, -0.15) is 0 Å². The molecule has 0 radical (unpaired) electrons. The van der Waals surface area contributed by atoms with Crippen LogP contribution >= 0.6 is 12.4 Å². The normalized spacial score (nSPS) is 16.7. The molecule has 27 heavy (non-hydrogen) atoms. The van der Waals surface area contributed by atoms with E-state index in [0.717, 1.165) is 6.42 Å². The topological polar surface area (TPSA) is 92.5 Å². The van der Waals surface area contributed by atoms with Gasteiger partial charge in [-0.1, -0.05) is 12.1 Å². The molecule has 1 aliphatic rings. The van der Waals surface area contributed by atoms with Crippen molar-refractivity contribution in [2.24, 2.45) is 11.7 Å². The van der Waals surface area contributed by atoms with E-state index in [4.69, 9.17) is 5.73 Å². The van der Waals surface area contributed by atoms with Crippen molar-refractivity contribution in [2.75, 3.05) is 24.4 Å². The first-order valence-corrected chi connectivity index (χ1v) is 9.76. The molecule has 0 aromatic heterocycles. The van der Waals surface area contributed by atoms with Crippen molar-refractivity contribution in [3.8, 4) is 0 Å². The van der Waals surface area contributed by atoms with Crippen LogP contribution in [0, 0.1) is 11.7 Å². The van der Waals surface area contributed by atoms with Crippen molar-refractivity contribution in [1.82, 2.24) is 4.90 Å². The number of nitrogens with one attached hydrogen (secondary N) is 1. The zero-order chi connectivity index (χ0) is 18.7. The predicted octanol–water partition coefficient (Wildman–Crippen LogP) is 2.47. The summed E-state index contributed by atoms with van der Waals surface area (Å²) in [6.45, 7) is 1.81. The number of rotatable bonds is 5. The summed E-state index contributed by atoms with van der Waals surface area (Å²) in [6.07, 6.45) is 0.876. The quantitative estimate of drug-likeness (QED) is 0.787. The monoisotopic (exact) mass is 413 g/mol. The molecule has 1 atom stereocenters. The highest BCUT2D eigenvalue weighted by Gasteiger charge is 2.26. The number of nitrogens with two attached hydrogens (primary N) is 1. The Balaban J connectivity index is 0.00000261. The molecule has 9 heteroatoms. The summed E-state index contributed by atoms with van der Waals surface area (Å²) in [4.78, 5) is 14.2. The SMILES string of the molecule is Cl.NCC1CCN(C(=O)c2ccc(S(=O)(=O)Nc3ccccc3F)cc2)C1. The van der Waals surface area contributed by atoms with Gasteiger partial charge in [0.05, 0.1) is 10.6 Å². The van der Waals surface area contributed by atoms with E-state index in [1.54, 1.807) is 4.90 Å². The molecule has 1 amide bonds. The zero-order valence-electron chi connectivity index (χ0n) is 14.5. The van der Waals surface area contributed by atoms with Crippen molar-refractivity contribution in [1.29, 1.82) is 0 Å². The lowest BCUT2D eigenvalue weighted by Crippen LogP contribution is -2.29. The fourth-order valence-electron chi connectivity index (χ4n) is 2.92. The number of halogens is 2. The van der Waals surface area contributed by atoms with E-state index >= 15 is 0 Å². The molecule has 1 fully saturated rings. The lowest BCUT2D eigenvalue weighted by molar-refractivity contribution is 0.0787. The Labute approximate surface area is 164 Å². The van der Waals surface area contributed by atoms with Gasteiger partial charge < -0.3 is 10.6 Å². The fourth-order valence-corrected chi connectivity index (χ4v) is 3.98. The van der Waals surface area contributed by atoms with Gasteiger partial charge in [0.25, 0.3) is 15.9 Å². The van der Waals surface area contributed by atoms with Gasteiger partial charge in [0.15, 0.2) is 0 Å². The summed E-state index contributed by atoms with van der Waals surface area (Å²) < 4.78 is 40.6. The van der Waals surface area contributed by atoms with E-state index in [2.05, 4.69) is 4.72 Å². The van der Waals surface area contributed by atoms with Crippen LogP contribution in [-0.4, -0.2) is 38.9 Å². The number of para-hydroxylation sites is 1. The first-order valence-electron chi connectivity index (χ1n) is 8.27. The van der Waals surface area contributed by atoms with Gasteiger partial charge in [-0.3, -0.25) is 9.52 Å². The number of carbonyl (C=O) groups is 1. The Morgan fingerprint density at radius 1 is 1.19 bits per heavy atom. The van der Waals surface area contributed by atoms with E-state index in [1.807, 2.05) is 0 Å². The van der Waals surface area contributed by atoms with E-state index in [0.29, 0.717) is 31.1 Å². The maximum atomic E-state index is 13.7. The highest BCUT2D eigenvalue weighted by atomic mass is 35.5. The number of anilines is 1. The van der Waals surface area contributed by atoms with Gasteiger partial charge in [-0.15, -0.1) is 12.4 Å². The highest BCUT2D eigenvalue weighted by molar-refractivity contribution is 7.92. The van der Waals surface area contributed by atoms with Gasteiger partial charge in [0.1, 0.15) is 5.82 Å². The standard InChI is InChI=1S/C18H20FN3O3S.ClH/c19-16-3-1-2-4-17(16)21-26(24,25)15-7-5-14(6-8-15)18(23)22-10-9-13(11-20)12-22;/h1-8,13,21H,9-12,20H2;1H. The van der Waals surface area contributed by atoms with Crippen LogP contribution in [0.1, 0.15) is 16.8 Å². The molecule has 0 bridgehead atoms. The molecule has 6 nitrogen and oxygen atoms in total. The van der Waals surface area contributed by atoms with Crippen LogP contribution in [0.3, 0.4) is 0 Å². The van der Waals surface area contributed by atoms with Crippen LogP contribution in [0.15, 0.2) is 53.4 Å². The third-order valence-electron chi connectivity index (χ3n) is 4.44. The second kappa shape index (κ2) is 8.69. The molecular weight excluding hydrogens is 393 g/mol. The van der Waals surface area contributed by atoms with Crippen molar-refractivity contribution in [2.45, 2.75) is 11.3 Å². The molecule has 146 valence electrons. The Morgan fingerprint density at radius 3 is 2.44 bits per heavy atom. The largest absolute Gasteiger partial charge is 0.338 e. The molecule has 2 aromatic rings. The smallest absolute Gasteiger partial charge is 0.261 e. The minimum atomic E-state index is -3.94. The zero-order valence-corrected chi connectivity index (χ0v) is 16.1. The van der Waals surface area contributed by atoms with Crippen molar-refractivity contribution >= 4 is 34.0 Å². The molecule has 3 N–H and O–H groups in total. The van der Waals surface area contributed by atoms with Crippen molar-refractivity contribution in [3.05, 3.63) is 59.9 Å². The van der Waals surface area contributed by atoms with Crippen LogP contribution in [0.4, 0.5) is 10.1 Å². The summed E-state index contributed by atoms with van der Waals surface area (Å²) >= 11 is 0. The Morgan fingerprint density at radius 2 is 1.85 bits per heavy atom. The molecule has 0 aliphatic carbocycles. The fraction of sp³-hybridized carbons (Fsp3) is 0.278. The summed E-state index contributed by atoms with van der Waals surface area (Å²) in [5, 5.41) is 0. The number of carbonyl (C=O) groups excluding carboxylic acids is 1. The number of likely N-dealkylation sites (tertiary alicyclic amines) is 1. The Hall–Kier alpha value is -2.16. The van der Waals surface area contributed by atoms with E-state index in [9.17, 15) is 17.6 Å². The summed E-state index contributed by atoms with van der Waals surface area (Å²) in [6, 6.07) is 11.1. The third-order valence-corrected chi connectivity index (χ3v) is 5.82. The first kappa shape index (κ1) is 21.1. The molecule has 1 aliphatic heterocycles. The number of hydrogen-bond donors (Lipinski definition) is 2. The van der Waals surface area contributed by atoms with Crippen LogP contribution in [-0.2, 0) is 10.0 Å². The maximum absolute atomic E-state index is 13.7. The molecule has 1 unspecified atom stereocenters. The number of sulfonamides is 1. The maximum Gasteiger partial charge on any atom is 0.261 e. The lowest BCUT2D eigenvalue weighted by atomic mass is 10.1. The summed E-state index contributed by atoms with van der Waals surface area (Å²) in [5.41, 5.74) is 5.92. The minimum absolute atomic E-state index is 0. The summed E-state index contributed by atoms with van der Waals surface area (Å²) in [5.74, 6) is -0.498. The minimum Gasteiger partial charge on any atom is -0.338 e. The second-order valence-electron chi connectivity index (χ2n) is 6.25. The first-order chi connectivity index (χ1) is 12.4. The third kappa shape index (κ3) is 4.77. The van der Waals surface area contributed by atoms with Crippen LogP contribution in [0.25, 0.3) is 0 Å². The average molecular weight is 414 g/mol. The number of hydrogen-bond acceptors (Lipinski definition) is 4. The van der Waals surface area contributed by atoms with Gasteiger partial charge in [0, 0.05) is 18.7 Å².